The average molecular weight is 257 g/mol. The summed E-state index contributed by atoms with van der Waals surface area (Å²) in [5.74, 6) is 0. The minimum atomic E-state index is 0.865. The number of thiophene rings is 1. The van der Waals surface area contributed by atoms with Crippen LogP contribution in [-0.2, 0) is 6.54 Å². The highest BCUT2D eigenvalue weighted by molar-refractivity contribution is 9.11. The Kier molecular flexibility index (Phi) is 2.51. The molecule has 13 heavy (non-hydrogen) atoms. The van der Waals surface area contributed by atoms with E-state index in [0.717, 1.165) is 12.2 Å². The van der Waals surface area contributed by atoms with Crippen molar-refractivity contribution in [3.8, 4) is 0 Å². The van der Waals surface area contributed by atoms with Gasteiger partial charge < -0.3 is 0 Å². The molecule has 0 unspecified atom stereocenters. The Morgan fingerprint density at radius 2 is 2.31 bits per heavy atom. The summed E-state index contributed by atoms with van der Waals surface area (Å²) in [6.07, 6.45) is 2.00. The molecule has 2 aromatic rings. The Bertz CT molecular complexity index is 367. The summed E-state index contributed by atoms with van der Waals surface area (Å²) in [6.45, 7) is 2.87. The van der Waals surface area contributed by atoms with Gasteiger partial charge in [-0.1, -0.05) is 0 Å². The van der Waals surface area contributed by atoms with E-state index in [-0.39, 0.29) is 0 Å². The lowest BCUT2D eigenvalue weighted by Gasteiger charge is -1.96. The molecule has 0 saturated carbocycles. The van der Waals surface area contributed by atoms with Gasteiger partial charge in [-0.05, 0) is 41.1 Å². The van der Waals surface area contributed by atoms with E-state index in [1.165, 1.54) is 8.66 Å². The lowest BCUT2D eigenvalue weighted by atomic mass is 10.5. The van der Waals surface area contributed by atoms with E-state index in [4.69, 9.17) is 0 Å². The van der Waals surface area contributed by atoms with Crippen molar-refractivity contribution in [2.24, 2.45) is 0 Å². The highest BCUT2D eigenvalue weighted by Gasteiger charge is 1.99. The topological polar surface area (TPSA) is 17.8 Å². The van der Waals surface area contributed by atoms with E-state index >= 15 is 0 Å². The fourth-order valence-corrected chi connectivity index (χ4v) is 2.62. The molecule has 2 heterocycles. The molecule has 2 rings (SSSR count). The molecule has 0 aliphatic carbocycles. The lowest BCUT2D eigenvalue weighted by molar-refractivity contribution is 0.687. The van der Waals surface area contributed by atoms with E-state index in [9.17, 15) is 0 Å². The van der Waals surface area contributed by atoms with Gasteiger partial charge in [0.05, 0.1) is 16.0 Å². The molecule has 68 valence electrons. The number of rotatable bonds is 2. The van der Waals surface area contributed by atoms with E-state index in [1.807, 2.05) is 23.9 Å². The van der Waals surface area contributed by atoms with Crippen molar-refractivity contribution in [1.29, 1.82) is 0 Å². The number of halogens is 1. The third kappa shape index (κ3) is 2.19. The number of hydrogen-bond acceptors (Lipinski definition) is 2. The zero-order chi connectivity index (χ0) is 9.26. The molecule has 0 aliphatic rings. The van der Waals surface area contributed by atoms with Gasteiger partial charge in [0.15, 0.2) is 0 Å². The first-order valence-electron chi connectivity index (χ1n) is 3.98. The molecule has 0 spiro atoms. The fourth-order valence-electron chi connectivity index (χ4n) is 1.15. The maximum atomic E-state index is 4.32. The number of aryl methyl sites for hydroxylation is 1. The van der Waals surface area contributed by atoms with Crippen LogP contribution in [0.15, 0.2) is 28.2 Å². The Hall–Kier alpha value is -0.610. The average Bonchev–Trinajstić information content (AvgIpc) is 2.62. The van der Waals surface area contributed by atoms with Gasteiger partial charge in [-0.2, -0.15) is 5.10 Å². The molecule has 2 nitrogen and oxygen atoms in total. The molecule has 0 aromatic carbocycles. The van der Waals surface area contributed by atoms with Crippen molar-refractivity contribution in [3.05, 3.63) is 38.8 Å². The molecule has 0 bridgehead atoms. The summed E-state index contributed by atoms with van der Waals surface area (Å²) < 4.78 is 3.12. The second-order valence-corrected chi connectivity index (χ2v) is 5.41. The minimum Gasteiger partial charge on any atom is -0.267 e. The van der Waals surface area contributed by atoms with E-state index in [1.54, 1.807) is 11.3 Å². The largest absolute Gasteiger partial charge is 0.267 e. The quantitative estimate of drug-likeness (QED) is 0.808. The van der Waals surface area contributed by atoms with Crippen molar-refractivity contribution < 1.29 is 0 Å². The standard InChI is InChI=1S/C9H9BrN2S/c1-7-4-5-12(11-7)6-8-2-3-9(10)13-8/h2-5H,6H2,1H3. The molecule has 2 aromatic heterocycles. The van der Waals surface area contributed by atoms with Crippen molar-refractivity contribution >= 4 is 27.3 Å². The highest BCUT2D eigenvalue weighted by atomic mass is 79.9. The van der Waals surface area contributed by atoms with Crippen LogP contribution in [0, 0.1) is 6.92 Å². The highest BCUT2D eigenvalue weighted by Crippen LogP contribution is 2.22. The fraction of sp³-hybridized carbons (Fsp3) is 0.222. The normalized spacial score (nSPS) is 10.6. The summed E-state index contributed by atoms with van der Waals surface area (Å²) >= 11 is 5.19. The van der Waals surface area contributed by atoms with Gasteiger partial charge in [0, 0.05) is 11.1 Å². The lowest BCUT2D eigenvalue weighted by Crippen LogP contribution is -1.97. The van der Waals surface area contributed by atoms with Crippen LogP contribution in [0.4, 0.5) is 0 Å². The van der Waals surface area contributed by atoms with Gasteiger partial charge in [-0.3, -0.25) is 4.68 Å². The molecule has 0 radical (unpaired) electrons. The number of aromatic nitrogens is 2. The Morgan fingerprint density at radius 3 is 2.85 bits per heavy atom. The SMILES string of the molecule is Cc1ccn(Cc2ccc(Br)s2)n1. The van der Waals surface area contributed by atoms with Crippen molar-refractivity contribution in [2.45, 2.75) is 13.5 Å². The Balaban J connectivity index is 2.14. The first-order chi connectivity index (χ1) is 6.24. The molecule has 0 N–H and O–H groups in total. The van der Waals surface area contributed by atoms with Gasteiger partial charge in [0.2, 0.25) is 0 Å². The second-order valence-electron chi connectivity index (χ2n) is 2.86. The minimum absolute atomic E-state index is 0.865. The van der Waals surface area contributed by atoms with Crippen LogP contribution in [0.2, 0.25) is 0 Å². The van der Waals surface area contributed by atoms with E-state index in [0.29, 0.717) is 0 Å². The van der Waals surface area contributed by atoms with E-state index in [2.05, 4.69) is 33.2 Å². The van der Waals surface area contributed by atoms with Gasteiger partial charge in [-0.15, -0.1) is 11.3 Å². The maximum absolute atomic E-state index is 4.32. The van der Waals surface area contributed by atoms with Crippen LogP contribution in [0.25, 0.3) is 0 Å². The molecule has 0 fully saturated rings. The Morgan fingerprint density at radius 1 is 1.46 bits per heavy atom. The second kappa shape index (κ2) is 3.64. The zero-order valence-corrected chi connectivity index (χ0v) is 9.60. The summed E-state index contributed by atoms with van der Waals surface area (Å²) in [7, 11) is 0. The zero-order valence-electron chi connectivity index (χ0n) is 7.20. The van der Waals surface area contributed by atoms with Crippen LogP contribution < -0.4 is 0 Å². The van der Waals surface area contributed by atoms with Crippen molar-refractivity contribution in [3.63, 3.8) is 0 Å². The molecular weight excluding hydrogens is 248 g/mol. The summed E-state index contributed by atoms with van der Waals surface area (Å²) in [5.41, 5.74) is 1.07. The first kappa shape index (κ1) is 8.97. The number of nitrogens with zero attached hydrogens (tertiary/aromatic N) is 2. The van der Waals surface area contributed by atoms with Crippen LogP contribution >= 0.6 is 27.3 Å². The van der Waals surface area contributed by atoms with Gasteiger partial charge in [0.1, 0.15) is 0 Å². The van der Waals surface area contributed by atoms with Crippen LogP contribution in [0.3, 0.4) is 0 Å². The molecule has 4 heteroatoms. The molecule has 0 atom stereocenters. The first-order valence-corrected chi connectivity index (χ1v) is 5.59. The Labute approximate surface area is 89.3 Å². The summed E-state index contributed by atoms with van der Waals surface area (Å²) in [4.78, 5) is 1.31. The third-order valence-electron chi connectivity index (χ3n) is 1.72. The molecule has 0 amide bonds. The molecule has 0 aliphatic heterocycles. The van der Waals surface area contributed by atoms with Crippen molar-refractivity contribution in [2.75, 3.05) is 0 Å². The van der Waals surface area contributed by atoms with Crippen LogP contribution in [0.1, 0.15) is 10.6 Å². The smallest absolute Gasteiger partial charge is 0.0752 e. The van der Waals surface area contributed by atoms with Gasteiger partial charge in [-0.25, -0.2) is 0 Å². The van der Waals surface area contributed by atoms with Gasteiger partial charge in [0.25, 0.3) is 0 Å². The predicted molar refractivity (Wildman–Crippen MR) is 58.1 cm³/mol. The van der Waals surface area contributed by atoms with E-state index < -0.39 is 0 Å². The predicted octanol–water partition coefficient (Wildman–Crippen LogP) is 3.06. The van der Waals surface area contributed by atoms with Crippen LogP contribution in [-0.4, -0.2) is 9.78 Å². The maximum Gasteiger partial charge on any atom is 0.0752 e. The third-order valence-corrected chi connectivity index (χ3v) is 3.33. The summed E-state index contributed by atoms with van der Waals surface area (Å²) in [6, 6.07) is 6.20. The number of hydrogen-bond donors (Lipinski definition) is 0. The van der Waals surface area contributed by atoms with Crippen LogP contribution in [0.5, 0.6) is 0 Å². The molecule has 0 saturated heterocycles. The monoisotopic (exact) mass is 256 g/mol. The molecular formula is C9H9BrN2S. The summed E-state index contributed by atoms with van der Waals surface area (Å²) in [5, 5.41) is 4.32. The van der Waals surface area contributed by atoms with Gasteiger partial charge >= 0.3 is 0 Å². The van der Waals surface area contributed by atoms with Crippen molar-refractivity contribution in [1.82, 2.24) is 9.78 Å².